The average Bonchev–Trinajstić information content (AvgIpc) is 2.25. The zero-order chi connectivity index (χ0) is 13.8. The van der Waals surface area contributed by atoms with Gasteiger partial charge < -0.3 is 15.7 Å². The molecular weight excluding hydrogens is 249 g/mol. The van der Waals surface area contributed by atoms with Gasteiger partial charge in [0.25, 0.3) is 0 Å². The third-order valence-electron chi connectivity index (χ3n) is 3.22. The Labute approximate surface area is 104 Å². The normalized spacial score (nSPS) is 28.8. The molecule has 106 valence electrons. The standard InChI is InChI=1S/C11H19F3N2O2/c1-8-3-2-4-10(5-8,7-17)16-9(18)15-6-11(12,13)14/h8,17H,2-7H2,1H3,(H2,15,16,18). The third-order valence-corrected chi connectivity index (χ3v) is 3.22. The smallest absolute Gasteiger partial charge is 0.394 e. The van der Waals surface area contributed by atoms with E-state index in [0.717, 1.165) is 12.8 Å². The Hall–Kier alpha value is -0.980. The first-order chi connectivity index (χ1) is 8.26. The molecule has 0 aromatic heterocycles. The highest BCUT2D eigenvalue weighted by molar-refractivity contribution is 5.74. The fourth-order valence-corrected chi connectivity index (χ4v) is 2.42. The molecule has 1 rings (SSSR count). The van der Waals surface area contributed by atoms with Crippen LogP contribution >= 0.6 is 0 Å². The van der Waals surface area contributed by atoms with Gasteiger partial charge in [-0.1, -0.05) is 19.8 Å². The molecule has 2 atom stereocenters. The Kier molecular flexibility index (Phi) is 4.84. The van der Waals surface area contributed by atoms with Crippen LogP contribution in [0.1, 0.15) is 32.6 Å². The maximum absolute atomic E-state index is 11.9. The maximum atomic E-state index is 11.9. The molecular formula is C11H19F3N2O2. The van der Waals surface area contributed by atoms with Crippen LogP contribution in [0.5, 0.6) is 0 Å². The number of carbonyl (C=O) groups is 1. The van der Waals surface area contributed by atoms with Crippen LogP contribution in [-0.2, 0) is 0 Å². The number of aliphatic hydroxyl groups is 1. The minimum Gasteiger partial charge on any atom is -0.394 e. The minimum atomic E-state index is -4.43. The van der Waals surface area contributed by atoms with Gasteiger partial charge in [-0.25, -0.2) is 4.79 Å². The van der Waals surface area contributed by atoms with Gasteiger partial charge in [0.15, 0.2) is 0 Å². The summed E-state index contributed by atoms with van der Waals surface area (Å²) in [4.78, 5) is 11.4. The van der Waals surface area contributed by atoms with Crippen LogP contribution < -0.4 is 10.6 Å². The van der Waals surface area contributed by atoms with Crippen molar-refractivity contribution in [1.29, 1.82) is 0 Å². The summed E-state index contributed by atoms with van der Waals surface area (Å²) in [5.74, 6) is 0.341. The summed E-state index contributed by atoms with van der Waals surface area (Å²) in [6.45, 7) is 0.380. The van der Waals surface area contributed by atoms with E-state index in [4.69, 9.17) is 0 Å². The van der Waals surface area contributed by atoms with Crippen molar-refractivity contribution in [2.45, 2.75) is 44.3 Å². The van der Waals surface area contributed by atoms with Crippen molar-refractivity contribution in [3.63, 3.8) is 0 Å². The molecule has 2 unspecified atom stereocenters. The number of amides is 2. The molecule has 1 aliphatic carbocycles. The number of carbonyl (C=O) groups excluding carboxylic acids is 1. The number of nitrogens with one attached hydrogen (secondary N) is 2. The first-order valence-electron chi connectivity index (χ1n) is 6.00. The van der Waals surface area contributed by atoms with Crippen LogP contribution in [0.3, 0.4) is 0 Å². The summed E-state index contributed by atoms with van der Waals surface area (Å²) < 4.78 is 35.8. The number of alkyl halides is 3. The van der Waals surface area contributed by atoms with E-state index in [1.165, 1.54) is 0 Å². The quantitative estimate of drug-likeness (QED) is 0.730. The molecule has 0 aromatic carbocycles. The molecule has 3 N–H and O–H groups in total. The van der Waals surface area contributed by atoms with Crippen molar-refractivity contribution in [2.75, 3.05) is 13.2 Å². The molecule has 1 fully saturated rings. The van der Waals surface area contributed by atoms with Crippen LogP contribution in [0.4, 0.5) is 18.0 Å². The topological polar surface area (TPSA) is 61.4 Å². The van der Waals surface area contributed by atoms with Crippen molar-refractivity contribution in [1.82, 2.24) is 10.6 Å². The van der Waals surface area contributed by atoms with Crippen molar-refractivity contribution >= 4 is 6.03 Å². The fourth-order valence-electron chi connectivity index (χ4n) is 2.42. The van der Waals surface area contributed by atoms with E-state index in [0.29, 0.717) is 18.8 Å². The van der Waals surface area contributed by atoms with E-state index in [1.54, 1.807) is 5.32 Å². The minimum absolute atomic E-state index is 0.253. The third kappa shape index (κ3) is 4.72. The molecule has 0 bridgehead atoms. The summed E-state index contributed by atoms with van der Waals surface area (Å²) >= 11 is 0. The second-order valence-corrected chi connectivity index (χ2v) is 5.06. The van der Waals surface area contributed by atoms with Gasteiger partial charge in [0, 0.05) is 0 Å². The highest BCUT2D eigenvalue weighted by Gasteiger charge is 2.36. The monoisotopic (exact) mass is 268 g/mol. The molecule has 1 saturated carbocycles. The van der Waals surface area contributed by atoms with E-state index in [-0.39, 0.29) is 6.61 Å². The van der Waals surface area contributed by atoms with E-state index in [2.05, 4.69) is 5.32 Å². The number of urea groups is 1. The van der Waals surface area contributed by atoms with Crippen molar-refractivity contribution < 1.29 is 23.1 Å². The molecule has 0 heterocycles. The Morgan fingerprint density at radius 1 is 1.50 bits per heavy atom. The van der Waals surface area contributed by atoms with Crippen LogP contribution in [0.2, 0.25) is 0 Å². The fraction of sp³-hybridized carbons (Fsp3) is 0.909. The number of aliphatic hydroxyl groups excluding tert-OH is 1. The van der Waals surface area contributed by atoms with Crippen molar-refractivity contribution in [3.05, 3.63) is 0 Å². The largest absolute Gasteiger partial charge is 0.405 e. The Bertz CT molecular complexity index is 297. The van der Waals surface area contributed by atoms with E-state index >= 15 is 0 Å². The first kappa shape index (κ1) is 15.1. The van der Waals surface area contributed by atoms with Gasteiger partial charge in [0.1, 0.15) is 6.54 Å². The summed E-state index contributed by atoms with van der Waals surface area (Å²) in [5.41, 5.74) is -0.784. The predicted molar refractivity (Wildman–Crippen MR) is 60.0 cm³/mol. The average molecular weight is 268 g/mol. The highest BCUT2D eigenvalue weighted by atomic mass is 19.4. The lowest BCUT2D eigenvalue weighted by Gasteiger charge is -2.39. The Balaban J connectivity index is 2.49. The van der Waals surface area contributed by atoms with Gasteiger partial charge in [0.05, 0.1) is 12.1 Å². The molecule has 0 spiro atoms. The number of hydrogen-bond acceptors (Lipinski definition) is 2. The van der Waals surface area contributed by atoms with Gasteiger partial charge in [-0.05, 0) is 18.8 Å². The first-order valence-corrected chi connectivity index (χ1v) is 6.00. The molecule has 1 aliphatic rings. The highest BCUT2D eigenvalue weighted by Crippen LogP contribution is 2.31. The Morgan fingerprint density at radius 3 is 2.67 bits per heavy atom. The zero-order valence-electron chi connectivity index (χ0n) is 10.3. The van der Waals surface area contributed by atoms with Gasteiger partial charge in [-0.15, -0.1) is 0 Å². The van der Waals surface area contributed by atoms with Crippen molar-refractivity contribution in [3.8, 4) is 0 Å². The molecule has 18 heavy (non-hydrogen) atoms. The molecule has 0 aliphatic heterocycles. The number of hydrogen-bond donors (Lipinski definition) is 3. The van der Waals surface area contributed by atoms with Crippen LogP contribution in [0, 0.1) is 5.92 Å². The van der Waals surface area contributed by atoms with Crippen molar-refractivity contribution in [2.24, 2.45) is 5.92 Å². The predicted octanol–water partition coefficient (Wildman–Crippen LogP) is 1.79. The maximum Gasteiger partial charge on any atom is 0.405 e. The molecule has 0 radical (unpaired) electrons. The lowest BCUT2D eigenvalue weighted by molar-refractivity contribution is -0.122. The molecule has 7 heteroatoms. The van der Waals surface area contributed by atoms with E-state index in [9.17, 15) is 23.1 Å². The SMILES string of the molecule is CC1CCCC(CO)(NC(=O)NCC(F)(F)F)C1. The zero-order valence-corrected chi connectivity index (χ0v) is 10.3. The molecule has 0 aromatic rings. The van der Waals surface area contributed by atoms with Crippen LogP contribution in [0.25, 0.3) is 0 Å². The number of rotatable bonds is 3. The van der Waals surface area contributed by atoms with Gasteiger partial charge in [-0.3, -0.25) is 0 Å². The lowest BCUT2D eigenvalue weighted by atomic mass is 9.77. The Morgan fingerprint density at radius 2 is 2.17 bits per heavy atom. The molecule has 0 saturated heterocycles. The van der Waals surface area contributed by atoms with Crippen LogP contribution in [-0.4, -0.2) is 36.0 Å². The molecule has 4 nitrogen and oxygen atoms in total. The van der Waals surface area contributed by atoms with Gasteiger partial charge in [-0.2, -0.15) is 13.2 Å². The summed E-state index contributed by atoms with van der Waals surface area (Å²) in [6, 6.07) is -0.879. The summed E-state index contributed by atoms with van der Waals surface area (Å²) in [6.07, 6.45) is -1.39. The van der Waals surface area contributed by atoms with Crippen LogP contribution in [0.15, 0.2) is 0 Å². The van der Waals surface area contributed by atoms with E-state index in [1.807, 2.05) is 6.92 Å². The lowest BCUT2D eigenvalue weighted by Crippen LogP contribution is -2.57. The van der Waals surface area contributed by atoms with Gasteiger partial charge >= 0.3 is 12.2 Å². The molecule has 2 amide bonds. The van der Waals surface area contributed by atoms with Gasteiger partial charge in [0.2, 0.25) is 0 Å². The number of halogens is 3. The second kappa shape index (κ2) is 5.77. The summed E-state index contributed by atoms with van der Waals surface area (Å²) in [5, 5.41) is 13.6. The summed E-state index contributed by atoms with van der Waals surface area (Å²) in [7, 11) is 0. The van der Waals surface area contributed by atoms with E-state index < -0.39 is 24.3 Å². The second-order valence-electron chi connectivity index (χ2n) is 5.06.